The van der Waals surface area contributed by atoms with Gasteiger partial charge in [-0.1, -0.05) is 11.9 Å². The second-order valence-electron chi connectivity index (χ2n) is 2.98. The van der Waals surface area contributed by atoms with Crippen molar-refractivity contribution in [1.29, 1.82) is 0 Å². The maximum Gasteiger partial charge on any atom is 0.0215 e. The molecule has 2 fully saturated rings. The summed E-state index contributed by atoms with van der Waals surface area (Å²) in [5.74, 6) is 0. The molecule has 0 aromatic heterocycles. The summed E-state index contributed by atoms with van der Waals surface area (Å²) in [6.45, 7) is 4.84. The van der Waals surface area contributed by atoms with Gasteiger partial charge in [-0.25, -0.2) is 4.31 Å². The van der Waals surface area contributed by atoms with E-state index in [-0.39, 0.29) is 0 Å². The molecule has 1 aliphatic carbocycles. The lowest BCUT2D eigenvalue weighted by molar-refractivity contribution is 0.396. The maximum absolute atomic E-state index is 3.35. The van der Waals surface area contributed by atoms with Crippen LogP contribution >= 0.6 is 11.9 Å². The van der Waals surface area contributed by atoms with E-state index < -0.39 is 0 Å². The first-order valence-corrected chi connectivity index (χ1v) is 4.91. The zero-order chi connectivity index (χ0) is 6.81. The molecule has 2 rings (SSSR count). The fraction of sp³-hybridized carbons (Fsp3) is 1.00. The standard InChI is InChI=1S/C7H14N2S/c1-2-7(1)10-9-5-3-8-4-6-9/h7-8H,1-6H2. The lowest BCUT2D eigenvalue weighted by Crippen LogP contribution is -2.40. The molecule has 0 radical (unpaired) electrons. The average molecular weight is 158 g/mol. The monoisotopic (exact) mass is 158 g/mol. The van der Waals surface area contributed by atoms with Crippen molar-refractivity contribution < 1.29 is 0 Å². The number of rotatable bonds is 2. The van der Waals surface area contributed by atoms with Crippen molar-refractivity contribution in [2.45, 2.75) is 18.1 Å². The van der Waals surface area contributed by atoms with Crippen LogP contribution in [0, 0.1) is 0 Å². The summed E-state index contributed by atoms with van der Waals surface area (Å²) in [6.07, 6.45) is 2.91. The third-order valence-corrected chi connectivity index (χ3v) is 3.33. The Kier molecular flexibility index (Phi) is 2.16. The minimum atomic E-state index is 0.984. The molecule has 0 aromatic carbocycles. The summed E-state index contributed by atoms with van der Waals surface area (Å²) in [5, 5.41) is 4.34. The molecule has 0 atom stereocenters. The predicted molar refractivity (Wildman–Crippen MR) is 45.1 cm³/mol. The van der Waals surface area contributed by atoms with Crippen LogP contribution in [0.3, 0.4) is 0 Å². The molecule has 0 spiro atoms. The van der Waals surface area contributed by atoms with Gasteiger partial charge in [0.25, 0.3) is 0 Å². The molecule has 10 heavy (non-hydrogen) atoms. The topological polar surface area (TPSA) is 15.3 Å². The van der Waals surface area contributed by atoms with E-state index >= 15 is 0 Å². The van der Waals surface area contributed by atoms with E-state index in [0.717, 1.165) is 5.25 Å². The van der Waals surface area contributed by atoms with Crippen molar-refractivity contribution in [3.05, 3.63) is 0 Å². The van der Waals surface area contributed by atoms with Crippen molar-refractivity contribution in [2.24, 2.45) is 0 Å². The van der Waals surface area contributed by atoms with Crippen LogP contribution < -0.4 is 5.32 Å². The molecule has 1 saturated heterocycles. The smallest absolute Gasteiger partial charge is 0.0215 e. The molecule has 1 heterocycles. The highest BCUT2D eigenvalue weighted by molar-refractivity contribution is 7.97. The van der Waals surface area contributed by atoms with Crippen LogP contribution in [-0.4, -0.2) is 35.7 Å². The SMILES string of the molecule is C1CN(SC2CC2)CCN1. The van der Waals surface area contributed by atoms with E-state index in [9.17, 15) is 0 Å². The first-order valence-electron chi connectivity index (χ1n) is 4.07. The van der Waals surface area contributed by atoms with Gasteiger partial charge in [0.15, 0.2) is 0 Å². The van der Waals surface area contributed by atoms with Crippen LogP contribution in [0.5, 0.6) is 0 Å². The highest BCUT2D eigenvalue weighted by Gasteiger charge is 2.25. The van der Waals surface area contributed by atoms with Gasteiger partial charge < -0.3 is 5.32 Å². The van der Waals surface area contributed by atoms with Crippen LogP contribution in [0.25, 0.3) is 0 Å². The van der Waals surface area contributed by atoms with Crippen LogP contribution in [0.1, 0.15) is 12.8 Å². The number of hydrogen-bond donors (Lipinski definition) is 1. The Morgan fingerprint density at radius 1 is 1.20 bits per heavy atom. The third-order valence-electron chi connectivity index (χ3n) is 1.90. The summed E-state index contributed by atoms with van der Waals surface area (Å²) in [5.41, 5.74) is 0. The number of piperazine rings is 1. The molecular weight excluding hydrogens is 144 g/mol. The van der Waals surface area contributed by atoms with Gasteiger partial charge in [0.05, 0.1) is 0 Å². The molecule has 0 bridgehead atoms. The van der Waals surface area contributed by atoms with Gasteiger partial charge in [0.1, 0.15) is 0 Å². The number of hydrogen-bond acceptors (Lipinski definition) is 3. The van der Waals surface area contributed by atoms with Gasteiger partial charge in [0.2, 0.25) is 0 Å². The maximum atomic E-state index is 3.35. The van der Waals surface area contributed by atoms with E-state index in [0.29, 0.717) is 0 Å². The molecule has 58 valence electrons. The second-order valence-corrected chi connectivity index (χ2v) is 4.38. The average Bonchev–Trinajstić information content (AvgIpc) is 2.74. The molecule has 2 nitrogen and oxygen atoms in total. The highest BCUT2D eigenvalue weighted by Crippen LogP contribution is 2.36. The predicted octanol–water partition coefficient (Wildman–Crippen LogP) is 0.702. The lowest BCUT2D eigenvalue weighted by atomic mass is 10.4. The highest BCUT2D eigenvalue weighted by atomic mass is 32.2. The summed E-state index contributed by atoms with van der Waals surface area (Å²) in [7, 11) is 0. The summed E-state index contributed by atoms with van der Waals surface area (Å²) in [6, 6.07) is 0. The Morgan fingerprint density at radius 2 is 1.90 bits per heavy atom. The quantitative estimate of drug-likeness (QED) is 0.596. The van der Waals surface area contributed by atoms with Gasteiger partial charge >= 0.3 is 0 Å². The fourth-order valence-corrected chi connectivity index (χ4v) is 2.30. The van der Waals surface area contributed by atoms with E-state index in [4.69, 9.17) is 0 Å². The molecule has 0 unspecified atom stereocenters. The first kappa shape index (κ1) is 6.95. The van der Waals surface area contributed by atoms with Gasteiger partial charge in [-0.05, 0) is 12.8 Å². The van der Waals surface area contributed by atoms with Crippen LogP contribution in [-0.2, 0) is 0 Å². The van der Waals surface area contributed by atoms with E-state index in [1.54, 1.807) is 0 Å². The molecule has 1 saturated carbocycles. The van der Waals surface area contributed by atoms with Gasteiger partial charge in [-0.15, -0.1) is 0 Å². The van der Waals surface area contributed by atoms with Crippen LogP contribution in [0.15, 0.2) is 0 Å². The number of nitrogens with zero attached hydrogens (tertiary/aromatic N) is 1. The summed E-state index contributed by atoms with van der Waals surface area (Å²) in [4.78, 5) is 0. The van der Waals surface area contributed by atoms with Crippen molar-refractivity contribution in [2.75, 3.05) is 26.2 Å². The third kappa shape index (κ3) is 1.87. The molecule has 1 aliphatic heterocycles. The Morgan fingerprint density at radius 3 is 2.50 bits per heavy atom. The van der Waals surface area contributed by atoms with Gasteiger partial charge in [-0.3, -0.25) is 0 Å². The molecular formula is C7H14N2S. The molecule has 1 N–H and O–H groups in total. The molecule has 2 aliphatic rings. The minimum absolute atomic E-state index is 0.984. The second kappa shape index (κ2) is 3.11. The fourth-order valence-electron chi connectivity index (χ4n) is 1.13. The van der Waals surface area contributed by atoms with Gasteiger partial charge in [-0.2, -0.15) is 0 Å². The Bertz CT molecular complexity index is 108. The zero-order valence-electron chi connectivity index (χ0n) is 6.18. The summed E-state index contributed by atoms with van der Waals surface area (Å²) >= 11 is 2.08. The summed E-state index contributed by atoms with van der Waals surface area (Å²) < 4.78 is 2.51. The minimum Gasteiger partial charge on any atom is -0.314 e. The molecule has 0 amide bonds. The Labute approximate surface area is 66.5 Å². The van der Waals surface area contributed by atoms with E-state index in [2.05, 4.69) is 21.6 Å². The van der Waals surface area contributed by atoms with Crippen molar-refractivity contribution in [1.82, 2.24) is 9.62 Å². The van der Waals surface area contributed by atoms with Crippen molar-refractivity contribution >= 4 is 11.9 Å². The van der Waals surface area contributed by atoms with Gasteiger partial charge in [0, 0.05) is 31.4 Å². The zero-order valence-corrected chi connectivity index (χ0v) is 6.99. The Balaban J connectivity index is 1.69. The largest absolute Gasteiger partial charge is 0.314 e. The van der Waals surface area contributed by atoms with Crippen LogP contribution in [0.2, 0.25) is 0 Å². The lowest BCUT2D eigenvalue weighted by Gasteiger charge is -2.25. The molecule has 3 heteroatoms. The molecule has 0 aromatic rings. The van der Waals surface area contributed by atoms with E-state index in [1.165, 1.54) is 39.0 Å². The number of nitrogens with one attached hydrogen (secondary N) is 1. The first-order chi connectivity index (χ1) is 4.95. The van der Waals surface area contributed by atoms with E-state index in [1.807, 2.05) is 0 Å². The van der Waals surface area contributed by atoms with Crippen molar-refractivity contribution in [3.8, 4) is 0 Å². The van der Waals surface area contributed by atoms with Crippen molar-refractivity contribution in [3.63, 3.8) is 0 Å². The Hall–Kier alpha value is 0.270. The normalized spacial score (nSPS) is 28.8. The van der Waals surface area contributed by atoms with Crippen LogP contribution in [0.4, 0.5) is 0 Å².